The maximum absolute atomic E-state index is 12.8. The van der Waals surface area contributed by atoms with Crippen molar-refractivity contribution in [2.45, 2.75) is 19.4 Å². The summed E-state index contributed by atoms with van der Waals surface area (Å²) in [4.78, 5) is 14.6. The predicted octanol–water partition coefficient (Wildman–Crippen LogP) is 1.54. The molecule has 0 spiro atoms. The molecule has 0 radical (unpaired) electrons. The molecule has 0 bridgehead atoms. The van der Waals surface area contributed by atoms with Gasteiger partial charge in [-0.05, 0) is 12.5 Å². The Bertz CT molecular complexity index is 519. The van der Waals surface area contributed by atoms with E-state index in [0.717, 1.165) is 6.42 Å². The van der Waals surface area contributed by atoms with Gasteiger partial charge >= 0.3 is 0 Å². The summed E-state index contributed by atoms with van der Waals surface area (Å²) in [5, 5.41) is 0. The number of rotatable bonds is 4. The first-order valence-corrected chi connectivity index (χ1v) is 7.02. The van der Waals surface area contributed by atoms with E-state index in [1.54, 1.807) is 19.2 Å². The van der Waals surface area contributed by atoms with E-state index in [9.17, 15) is 4.79 Å². The summed E-state index contributed by atoms with van der Waals surface area (Å²) in [7, 11) is 3.06. The number of nitrogens with zero attached hydrogens (tertiary/aromatic N) is 1. The molecular weight excluding hydrogens is 272 g/mol. The van der Waals surface area contributed by atoms with Crippen molar-refractivity contribution in [1.82, 2.24) is 4.90 Å². The van der Waals surface area contributed by atoms with E-state index >= 15 is 0 Å². The third-order valence-electron chi connectivity index (χ3n) is 3.76. The van der Waals surface area contributed by atoms with Crippen molar-refractivity contribution < 1.29 is 19.0 Å². The number of anilines is 1. The van der Waals surface area contributed by atoms with Gasteiger partial charge in [-0.25, -0.2) is 0 Å². The highest BCUT2D eigenvalue weighted by Crippen LogP contribution is 2.32. The predicted molar refractivity (Wildman–Crippen MR) is 79.9 cm³/mol. The molecule has 1 unspecified atom stereocenters. The molecule has 21 heavy (non-hydrogen) atoms. The second-order valence-corrected chi connectivity index (χ2v) is 4.93. The lowest BCUT2D eigenvalue weighted by Crippen LogP contribution is -2.48. The topological polar surface area (TPSA) is 74.0 Å². The van der Waals surface area contributed by atoms with Crippen LogP contribution in [0.3, 0.4) is 0 Å². The molecule has 6 heteroatoms. The summed E-state index contributed by atoms with van der Waals surface area (Å²) in [5.41, 5.74) is 6.80. The molecule has 0 aromatic heterocycles. The molecule has 1 aliphatic heterocycles. The number of methoxy groups -OCH3 is 2. The van der Waals surface area contributed by atoms with Crippen LogP contribution in [0.4, 0.5) is 5.69 Å². The van der Waals surface area contributed by atoms with Crippen LogP contribution in [-0.2, 0) is 4.74 Å². The van der Waals surface area contributed by atoms with E-state index in [0.29, 0.717) is 42.5 Å². The molecule has 2 N–H and O–H groups in total. The molecule has 0 saturated carbocycles. The van der Waals surface area contributed by atoms with Crippen LogP contribution in [0.15, 0.2) is 12.1 Å². The Balaban J connectivity index is 2.37. The molecule has 1 aromatic rings. The third kappa shape index (κ3) is 3.05. The first kappa shape index (κ1) is 15.4. The van der Waals surface area contributed by atoms with E-state index in [2.05, 4.69) is 0 Å². The van der Waals surface area contributed by atoms with Crippen molar-refractivity contribution >= 4 is 11.6 Å². The summed E-state index contributed by atoms with van der Waals surface area (Å²) >= 11 is 0. The van der Waals surface area contributed by atoms with Gasteiger partial charge in [0.1, 0.15) is 11.5 Å². The minimum Gasteiger partial charge on any atom is -0.497 e. The Morgan fingerprint density at radius 3 is 2.81 bits per heavy atom. The van der Waals surface area contributed by atoms with Gasteiger partial charge in [-0.15, -0.1) is 0 Å². The van der Waals surface area contributed by atoms with Crippen LogP contribution >= 0.6 is 0 Å². The van der Waals surface area contributed by atoms with Gasteiger partial charge in [0.25, 0.3) is 5.91 Å². The molecule has 1 atom stereocenters. The Labute approximate surface area is 124 Å². The van der Waals surface area contributed by atoms with Gasteiger partial charge in [-0.3, -0.25) is 4.79 Å². The summed E-state index contributed by atoms with van der Waals surface area (Å²) in [6, 6.07) is 3.40. The summed E-state index contributed by atoms with van der Waals surface area (Å²) in [6.07, 6.45) is 0.840. The molecule has 1 aliphatic rings. The molecule has 6 nitrogen and oxygen atoms in total. The molecule has 116 valence electrons. The fourth-order valence-corrected chi connectivity index (χ4v) is 2.48. The van der Waals surface area contributed by atoms with Crippen molar-refractivity contribution in [3.63, 3.8) is 0 Å². The highest BCUT2D eigenvalue weighted by Gasteiger charge is 2.29. The number of carbonyl (C=O) groups is 1. The number of ether oxygens (including phenoxy) is 3. The average molecular weight is 294 g/mol. The van der Waals surface area contributed by atoms with Crippen molar-refractivity contribution in [3.05, 3.63) is 17.7 Å². The lowest BCUT2D eigenvalue weighted by Gasteiger charge is -2.35. The monoisotopic (exact) mass is 294 g/mol. The van der Waals surface area contributed by atoms with Gasteiger partial charge in [-0.2, -0.15) is 0 Å². The fourth-order valence-electron chi connectivity index (χ4n) is 2.48. The van der Waals surface area contributed by atoms with Gasteiger partial charge in [0, 0.05) is 12.6 Å². The van der Waals surface area contributed by atoms with E-state index in [1.165, 1.54) is 7.11 Å². The Kier molecular flexibility index (Phi) is 4.90. The zero-order valence-electron chi connectivity index (χ0n) is 12.7. The number of hydrogen-bond donors (Lipinski definition) is 1. The highest BCUT2D eigenvalue weighted by molar-refractivity contribution is 6.01. The standard InChI is InChI=1S/C15H22N2O4/c1-4-10-9-21-6-5-17(10)15(18)12-7-11(19-2)8-13(20-3)14(12)16/h7-8,10H,4-6,9,16H2,1-3H3. The van der Waals surface area contributed by atoms with Gasteiger partial charge < -0.3 is 24.8 Å². The number of nitrogen functional groups attached to an aromatic ring is 1. The number of benzene rings is 1. The van der Waals surface area contributed by atoms with Gasteiger partial charge in [0.15, 0.2) is 0 Å². The van der Waals surface area contributed by atoms with Crippen LogP contribution in [0, 0.1) is 0 Å². The lowest BCUT2D eigenvalue weighted by atomic mass is 10.1. The van der Waals surface area contributed by atoms with Gasteiger partial charge in [0.05, 0.1) is 44.7 Å². The Hall–Kier alpha value is -1.95. The van der Waals surface area contributed by atoms with Crippen molar-refractivity contribution in [2.24, 2.45) is 0 Å². The molecule has 1 amide bonds. The molecule has 1 saturated heterocycles. The van der Waals surface area contributed by atoms with E-state index in [-0.39, 0.29) is 11.9 Å². The first-order chi connectivity index (χ1) is 10.1. The second kappa shape index (κ2) is 6.67. The quantitative estimate of drug-likeness (QED) is 0.853. The summed E-state index contributed by atoms with van der Waals surface area (Å²) in [6.45, 7) is 3.71. The van der Waals surface area contributed by atoms with Crippen LogP contribution in [0.2, 0.25) is 0 Å². The van der Waals surface area contributed by atoms with Crippen molar-refractivity contribution in [1.29, 1.82) is 0 Å². The minimum atomic E-state index is -0.111. The van der Waals surface area contributed by atoms with Crippen molar-refractivity contribution in [3.8, 4) is 11.5 Å². The molecular formula is C15H22N2O4. The van der Waals surface area contributed by atoms with Crippen LogP contribution in [0.1, 0.15) is 23.7 Å². The molecule has 1 aromatic carbocycles. The largest absolute Gasteiger partial charge is 0.497 e. The minimum absolute atomic E-state index is 0.0721. The smallest absolute Gasteiger partial charge is 0.256 e. The normalized spacial score (nSPS) is 18.4. The number of hydrogen-bond acceptors (Lipinski definition) is 5. The number of morpholine rings is 1. The van der Waals surface area contributed by atoms with Crippen LogP contribution < -0.4 is 15.2 Å². The Morgan fingerprint density at radius 2 is 2.19 bits per heavy atom. The number of amides is 1. The van der Waals surface area contributed by atoms with Gasteiger partial charge in [0.2, 0.25) is 0 Å². The van der Waals surface area contributed by atoms with E-state index in [1.807, 2.05) is 11.8 Å². The Morgan fingerprint density at radius 1 is 1.43 bits per heavy atom. The van der Waals surface area contributed by atoms with Crippen LogP contribution in [0.25, 0.3) is 0 Å². The van der Waals surface area contributed by atoms with E-state index < -0.39 is 0 Å². The maximum Gasteiger partial charge on any atom is 0.256 e. The summed E-state index contributed by atoms with van der Waals surface area (Å²) in [5.74, 6) is 0.879. The molecule has 0 aliphatic carbocycles. The van der Waals surface area contributed by atoms with Crippen molar-refractivity contribution in [2.75, 3.05) is 39.7 Å². The lowest BCUT2D eigenvalue weighted by molar-refractivity contribution is -0.00276. The third-order valence-corrected chi connectivity index (χ3v) is 3.76. The SMILES string of the molecule is CCC1COCCN1C(=O)c1cc(OC)cc(OC)c1N. The zero-order chi connectivity index (χ0) is 15.4. The molecule has 1 fully saturated rings. The fraction of sp³-hybridized carbons (Fsp3) is 0.533. The van der Waals surface area contributed by atoms with Crippen LogP contribution in [-0.4, -0.2) is 50.8 Å². The molecule has 1 heterocycles. The van der Waals surface area contributed by atoms with Crippen LogP contribution in [0.5, 0.6) is 11.5 Å². The number of nitrogens with two attached hydrogens (primary N) is 1. The molecule has 2 rings (SSSR count). The van der Waals surface area contributed by atoms with E-state index in [4.69, 9.17) is 19.9 Å². The number of carbonyl (C=O) groups excluding carboxylic acids is 1. The maximum atomic E-state index is 12.8. The second-order valence-electron chi connectivity index (χ2n) is 4.93. The summed E-state index contributed by atoms with van der Waals surface area (Å²) < 4.78 is 15.9. The first-order valence-electron chi connectivity index (χ1n) is 7.02. The average Bonchev–Trinajstić information content (AvgIpc) is 2.54. The zero-order valence-corrected chi connectivity index (χ0v) is 12.7. The highest BCUT2D eigenvalue weighted by atomic mass is 16.5. The van der Waals surface area contributed by atoms with Gasteiger partial charge in [-0.1, -0.05) is 6.92 Å².